The molecule has 0 spiro atoms. The van der Waals surface area contributed by atoms with Gasteiger partial charge < -0.3 is 15.8 Å². The van der Waals surface area contributed by atoms with Gasteiger partial charge >= 0.3 is 0 Å². The molecule has 0 unspecified atom stereocenters. The Bertz CT molecular complexity index is 469. The fourth-order valence-corrected chi connectivity index (χ4v) is 1.84. The molecule has 0 aliphatic heterocycles. The number of anilines is 1. The smallest absolute Gasteiger partial charge is 0.224 e. The zero-order chi connectivity index (χ0) is 15.3. The van der Waals surface area contributed by atoms with Gasteiger partial charge in [0.25, 0.3) is 0 Å². The first-order valence-electron chi connectivity index (χ1n) is 7.36. The number of hydrogen-bond acceptors (Lipinski definition) is 4. The van der Waals surface area contributed by atoms with Crippen molar-refractivity contribution in [3.63, 3.8) is 0 Å². The zero-order valence-corrected chi connectivity index (χ0v) is 12.3. The lowest BCUT2D eigenvalue weighted by Crippen LogP contribution is -2.11. The second-order valence-electron chi connectivity index (χ2n) is 4.79. The van der Waals surface area contributed by atoms with Crippen LogP contribution in [0.1, 0.15) is 38.5 Å². The molecule has 0 radical (unpaired) electrons. The fourth-order valence-electron chi connectivity index (χ4n) is 1.84. The number of unbranched alkanes of at least 4 members (excludes halogenated alkanes) is 3. The molecule has 0 atom stereocenters. The summed E-state index contributed by atoms with van der Waals surface area (Å²) in [5, 5.41) is 11.3. The van der Waals surface area contributed by atoms with Crippen LogP contribution >= 0.6 is 0 Å². The molecule has 0 saturated carbocycles. The number of amides is 1. The summed E-state index contributed by atoms with van der Waals surface area (Å²) >= 11 is 0. The van der Waals surface area contributed by atoms with E-state index in [9.17, 15) is 4.79 Å². The summed E-state index contributed by atoms with van der Waals surface area (Å²) < 4.78 is 5.53. The average molecular weight is 289 g/mol. The second kappa shape index (κ2) is 10.7. The van der Waals surface area contributed by atoms with Gasteiger partial charge in [-0.3, -0.25) is 4.79 Å². The summed E-state index contributed by atoms with van der Waals surface area (Å²) in [5.41, 5.74) is 6.15. The lowest BCUT2D eigenvalue weighted by molar-refractivity contribution is -0.116. The molecule has 0 aliphatic carbocycles. The zero-order valence-electron chi connectivity index (χ0n) is 12.3. The minimum atomic E-state index is 0.00801. The summed E-state index contributed by atoms with van der Waals surface area (Å²) in [6.07, 6.45) is 4.49. The van der Waals surface area contributed by atoms with Crippen LogP contribution in [-0.4, -0.2) is 19.1 Å². The lowest BCUT2D eigenvalue weighted by Gasteiger charge is -2.08. The summed E-state index contributed by atoms with van der Waals surface area (Å²) in [6.45, 7) is 1.18. The van der Waals surface area contributed by atoms with Crippen LogP contribution in [0.4, 0.5) is 5.69 Å². The van der Waals surface area contributed by atoms with Gasteiger partial charge in [0.05, 0.1) is 12.7 Å². The molecule has 0 fully saturated rings. The molecule has 1 rings (SSSR count). The van der Waals surface area contributed by atoms with Gasteiger partial charge in [0.2, 0.25) is 5.91 Å². The molecule has 1 amide bonds. The third-order valence-electron chi connectivity index (χ3n) is 2.93. The van der Waals surface area contributed by atoms with Gasteiger partial charge in [-0.05, 0) is 37.9 Å². The molecule has 0 aromatic heterocycles. The molecule has 3 N–H and O–H groups in total. The highest BCUT2D eigenvalue weighted by Gasteiger charge is 2.03. The highest BCUT2D eigenvalue weighted by Crippen LogP contribution is 2.18. The molecular weight excluding hydrogens is 266 g/mol. The molecule has 21 heavy (non-hydrogen) atoms. The van der Waals surface area contributed by atoms with Crippen molar-refractivity contribution in [2.45, 2.75) is 38.5 Å². The van der Waals surface area contributed by atoms with Crippen molar-refractivity contribution in [2.24, 2.45) is 5.73 Å². The molecule has 5 heteroatoms. The highest BCUT2D eigenvalue weighted by molar-refractivity contribution is 5.90. The van der Waals surface area contributed by atoms with E-state index < -0.39 is 0 Å². The molecule has 1 aromatic rings. The number of carbonyl (C=O) groups excluding carboxylic acids is 1. The maximum atomic E-state index is 11.8. The topological polar surface area (TPSA) is 88.1 Å². The first kappa shape index (κ1) is 17.0. The van der Waals surface area contributed by atoms with E-state index in [1.54, 1.807) is 6.07 Å². The Morgan fingerprint density at radius 1 is 1.29 bits per heavy atom. The molecule has 5 nitrogen and oxygen atoms in total. The molecule has 0 heterocycles. The van der Waals surface area contributed by atoms with Crippen LogP contribution in [0.3, 0.4) is 0 Å². The number of rotatable bonds is 10. The number of nitrogens with zero attached hydrogens (tertiary/aromatic N) is 1. The third kappa shape index (κ3) is 7.95. The predicted octanol–water partition coefficient (Wildman–Crippen LogP) is 2.83. The normalized spacial score (nSPS) is 9.90. The van der Waals surface area contributed by atoms with E-state index in [0.717, 1.165) is 24.9 Å². The number of nitrogens with two attached hydrogens (primary N) is 1. The summed E-state index contributed by atoms with van der Waals surface area (Å²) in [4.78, 5) is 11.8. The van der Waals surface area contributed by atoms with Crippen molar-refractivity contribution in [2.75, 3.05) is 18.5 Å². The minimum absolute atomic E-state index is 0.00801. The maximum Gasteiger partial charge on any atom is 0.224 e. The number of nitrogens with one attached hydrogen (secondary N) is 1. The molecule has 114 valence electrons. The van der Waals surface area contributed by atoms with Crippen molar-refractivity contribution in [1.82, 2.24) is 0 Å². The average Bonchev–Trinajstić information content (AvgIpc) is 2.49. The van der Waals surface area contributed by atoms with E-state index in [0.29, 0.717) is 38.2 Å². The van der Waals surface area contributed by atoms with Crippen LogP contribution in [0, 0.1) is 11.3 Å². The van der Waals surface area contributed by atoms with E-state index in [-0.39, 0.29) is 5.91 Å². The van der Waals surface area contributed by atoms with Crippen LogP contribution in [0.25, 0.3) is 0 Å². The molecule has 1 aromatic carbocycles. The Hall–Kier alpha value is -2.06. The van der Waals surface area contributed by atoms with Crippen LogP contribution in [0.2, 0.25) is 0 Å². The first-order valence-corrected chi connectivity index (χ1v) is 7.36. The van der Waals surface area contributed by atoms with Gasteiger partial charge in [-0.15, -0.1) is 0 Å². The lowest BCUT2D eigenvalue weighted by atomic mass is 10.2. The van der Waals surface area contributed by atoms with Crippen molar-refractivity contribution in [1.29, 1.82) is 5.26 Å². The predicted molar refractivity (Wildman–Crippen MR) is 82.9 cm³/mol. The SMILES string of the molecule is N#CCCCOc1cccc(NC(=O)CCCCCN)c1. The number of nitriles is 1. The van der Waals surface area contributed by atoms with E-state index in [4.69, 9.17) is 15.7 Å². The monoisotopic (exact) mass is 289 g/mol. The van der Waals surface area contributed by atoms with Gasteiger partial charge in [-0.1, -0.05) is 12.5 Å². The molecule has 0 saturated heterocycles. The Morgan fingerprint density at radius 2 is 2.14 bits per heavy atom. The third-order valence-corrected chi connectivity index (χ3v) is 2.93. The quantitative estimate of drug-likeness (QED) is 0.648. The van der Waals surface area contributed by atoms with Crippen LogP contribution < -0.4 is 15.8 Å². The number of benzene rings is 1. The summed E-state index contributed by atoms with van der Waals surface area (Å²) in [5.74, 6) is 0.711. The fraction of sp³-hybridized carbons (Fsp3) is 0.500. The highest BCUT2D eigenvalue weighted by atomic mass is 16.5. The standard InChI is InChI=1S/C16H23N3O2/c17-10-3-1-2-9-16(20)19-14-7-6-8-15(13-14)21-12-5-4-11-18/h6-8,13H,1-5,9-10,12,17H2,(H,19,20). The Morgan fingerprint density at radius 3 is 2.90 bits per heavy atom. The summed E-state index contributed by atoms with van der Waals surface area (Å²) in [7, 11) is 0. The first-order chi connectivity index (χ1) is 10.3. The van der Waals surface area contributed by atoms with Gasteiger partial charge in [0, 0.05) is 24.6 Å². The van der Waals surface area contributed by atoms with E-state index >= 15 is 0 Å². The number of hydrogen-bond donors (Lipinski definition) is 2. The van der Waals surface area contributed by atoms with Crippen molar-refractivity contribution < 1.29 is 9.53 Å². The van der Waals surface area contributed by atoms with Crippen molar-refractivity contribution in [3.8, 4) is 11.8 Å². The van der Waals surface area contributed by atoms with Crippen LogP contribution in [-0.2, 0) is 4.79 Å². The molecule has 0 aliphatic rings. The molecular formula is C16H23N3O2. The summed E-state index contributed by atoms with van der Waals surface area (Å²) in [6, 6.07) is 9.38. The van der Waals surface area contributed by atoms with E-state index in [1.807, 2.05) is 18.2 Å². The maximum absolute atomic E-state index is 11.8. The van der Waals surface area contributed by atoms with Gasteiger partial charge in [0.15, 0.2) is 0 Å². The van der Waals surface area contributed by atoms with E-state index in [2.05, 4.69) is 11.4 Å². The Labute approximate surface area is 126 Å². The Balaban J connectivity index is 2.34. The van der Waals surface area contributed by atoms with Gasteiger partial charge in [0.1, 0.15) is 5.75 Å². The molecule has 0 bridgehead atoms. The van der Waals surface area contributed by atoms with Crippen molar-refractivity contribution >= 4 is 11.6 Å². The number of ether oxygens (including phenoxy) is 1. The largest absolute Gasteiger partial charge is 0.493 e. The van der Waals surface area contributed by atoms with Gasteiger partial charge in [-0.2, -0.15) is 5.26 Å². The van der Waals surface area contributed by atoms with Crippen LogP contribution in [0.5, 0.6) is 5.75 Å². The second-order valence-corrected chi connectivity index (χ2v) is 4.79. The van der Waals surface area contributed by atoms with Gasteiger partial charge in [-0.25, -0.2) is 0 Å². The van der Waals surface area contributed by atoms with Crippen molar-refractivity contribution in [3.05, 3.63) is 24.3 Å². The minimum Gasteiger partial charge on any atom is -0.493 e. The number of carbonyl (C=O) groups is 1. The van der Waals surface area contributed by atoms with Crippen LogP contribution in [0.15, 0.2) is 24.3 Å². The Kier molecular flexibility index (Phi) is 8.65. The van der Waals surface area contributed by atoms with E-state index in [1.165, 1.54) is 0 Å².